The van der Waals surface area contributed by atoms with Gasteiger partial charge in [0.2, 0.25) is 5.91 Å². The number of halogens is 3. The molecular formula is C31H32F3N5O2. The number of unbranched alkanes of at least 4 members (excludes halogenated alkanes) is 1. The highest BCUT2D eigenvalue weighted by Crippen LogP contribution is 2.34. The Labute approximate surface area is 237 Å². The second kappa shape index (κ2) is 12.7. The Bertz CT molecular complexity index is 1520. The summed E-state index contributed by atoms with van der Waals surface area (Å²) in [5.41, 5.74) is 2.99. The zero-order chi connectivity index (χ0) is 29.6. The summed E-state index contributed by atoms with van der Waals surface area (Å²) in [6, 6.07) is 21.1. The Balaban J connectivity index is 1.59. The third kappa shape index (κ3) is 7.33. The molecule has 3 aromatic carbocycles. The van der Waals surface area contributed by atoms with E-state index < -0.39 is 23.7 Å². The molecule has 2 N–H and O–H groups in total. The number of benzene rings is 3. The van der Waals surface area contributed by atoms with Crippen LogP contribution in [0.15, 0.2) is 78.9 Å². The molecule has 0 aliphatic carbocycles. The lowest BCUT2D eigenvalue weighted by molar-refractivity contribution is -0.137. The van der Waals surface area contributed by atoms with Crippen LogP contribution in [0.2, 0.25) is 0 Å². The number of amides is 3. The van der Waals surface area contributed by atoms with Gasteiger partial charge in [0.15, 0.2) is 0 Å². The van der Waals surface area contributed by atoms with E-state index in [-0.39, 0.29) is 18.8 Å². The predicted molar refractivity (Wildman–Crippen MR) is 154 cm³/mol. The van der Waals surface area contributed by atoms with Gasteiger partial charge in [0, 0.05) is 18.2 Å². The van der Waals surface area contributed by atoms with Crippen LogP contribution in [0, 0.1) is 13.8 Å². The number of carbonyl (C=O) groups is 2. The summed E-state index contributed by atoms with van der Waals surface area (Å²) in [4.78, 5) is 27.6. The number of rotatable bonds is 9. The van der Waals surface area contributed by atoms with E-state index in [1.165, 1.54) is 23.1 Å². The highest BCUT2D eigenvalue weighted by atomic mass is 19.4. The fraction of sp³-hybridized carbons (Fsp3) is 0.258. The van der Waals surface area contributed by atoms with Crippen molar-refractivity contribution in [2.45, 2.75) is 39.8 Å². The number of nitrogens with zero attached hydrogens (tertiary/aromatic N) is 3. The number of carbonyl (C=O) groups excluding carboxylic acids is 2. The van der Waals surface area contributed by atoms with Gasteiger partial charge in [-0.15, -0.1) is 0 Å². The minimum absolute atomic E-state index is 0.190. The van der Waals surface area contributed by atoms with Gasteiger partial charge in [-0.2, -0.15) is 18.3 Å². The molecule has 214 valence electrons. The summed E-state index contributed by atoms with van der Waals surface area (Å²) in [5, 5.41) is 9.95. The van der Waals surface area contributed by atoms with E-state index >= 15 is 0 Å². The first kappa shape index (κ1) is 29.4. The Kier molecular flexibility index (Phi) is 9.11. The second-order valence-corrected chi connectivity index (χ2v) is 9.78. The van der Waals surface area contributed by atoms with Gasteiger partial charge in [-0.3, -0.25) is 4.79 Å². The Hall–Kier alpha value is -4.60. The molecule has 0 radical (unpaired) electrons. The van der Waals surface area contributed by atoms with Crippen molar-refractivity contribution in [3.05, 3.63) is 95.6 Å². The number of aryl methyl sites for hydroxylation is 2. The molecule has 41 heavy (non-hydrogen) atoms. The molecule has 10 heteroatoms. The Morgan fingerprint density at radius 2 is 1.63 bits per heavy atom. The van der Waals surface area contributed by atoms with Gasteiger partial charge in [-0.25, -0.2) is 9.48 Å². The van der Waals surface area contributed by atoms with E-state index in [0.717, 1.165) is 34.9 Å². The number of hydrogen-bond donors (Lipinski definition) is 2. The zero-order valence-electron chi connectivity index (χ0n) is 23.1. The highest BCUT2D eigenvalue weighted by Gasteiger charge is 2.34. The first-order valence-electron chi connectivity index (χ1n) is 13.3. The van der Waals surface area contributed by atoms with Crippen molar-refractivity contribution in [2.75, 3.05) is 23.7 Å². The van der Waals surface area contributed by atoms with Gasteiger partial charge < -0.3 is 15.5 Å². The minimum Gasteiger partial charge on any atom is -0.315 e. The number of urea groups is 1. The van der Waals surface area contributed by atoms with Crippen molar-refractivity contribution in [3.8, 4) is 16.9 Å². The largest absolute Gasteiger partial charge is 0.418 e. The Morgan fingerprint density at radius 3 is 2.32 bits per heavy atom. The molecule has 1 heterocycles. The lowest BCUT2D eigenvalue weighted by atomic mass is 10.1. The summed E-state index contributed by atoms with van der Waals surface area (Å²) < 4.78 is 42.1. The van der Waals surface area contributed by atoms with Crippen molar-refractivity contribution in [2.24, 2.45) is 0 Å². The highest BCUT2D eigenvalue weighted by molar-refractivity contribution is 5.97. The number of alkyl halides is 3. The fourth-order valence-electron chi connectivity index (χ4n) is 4.44. The lowest BCUT2D eigenvalue weighted by Crippen LogP contribution is -2.41. The number of nitrogens with one attached hydrogen (secondary N) is 2. The summed E-state index contributed by atoms with van der Waals surface area (Å²) in [6.07, 6.45) is -3.34. The topological polar surface area (TPSA) is 79.3 Å². The Morgan fingerprint density at radius 1 is 0.927 bits per heavy atom. The molecule has 0 aliphatic rings. The smallest absolute Gasteiger partial charge is 0.315 e. The van der Waals surface area contributed by atoms with Crippen LogP contribution in [0.1, 0.15) is 36.5 Å². The van der Waals surface area contributed by atoms with Crippen molar-refractivity contribution in [1.29, 1.82) is 0 Å². The summed E-state index contributed by atoms with van der Waals surface area (Å²) >= 11 is 0. The number of aromatic nitrogens is 2. The first-order chi connectivity index (χ1) is 19.6. The molecular weight excluding hydrogens is 531 g/mol. The maximum absolute atomic E-state index is 13.5. The van der Waals surface area contributed by atoms with Crippen molar-refractivity contribution >= 4 is 23.4 Å². The van der Waals surface area contributed by atoms with Crippen LogP contribution in [-0.2, 0) is 11.0 Å². The average Bonchev–Trinajstić information content (AvgIpc) is 3.34. The van der Waals surface area contributed by atoms with Crippen LogP contribution in [0.3, 0.4) is 0 Å². The van der Waals surface area contributed by atoms with Crippen LogP contribution >= 0.6 is 0 Å². The molecule has 4 rings (SSSR count). The molecule has 3 amide bonds. The molecule has 1 aromatic heterocycles. The molecule has 0 spiro atoms. The first-order valence-corrected chi connectivity index (χ1v) is 13.3. The van der Waals surface area contributed by atoms with E-state index in [9.17, 15) is 22.8 Å². The van der Waals surface area contributed by atoms with E-state index in [1.54, 1.807) is 10.7 Å². The molecule has 0 bridgehead atoms. The summed E-state index contributed by atoms with van der Waals surface area (Å²) in [6.45, 7) is 5.69. The maximum atomic E-state index is 13.5. The lowest BCUT2D eigenvalue weighted by Gasteiger charge is -2.23. The zero-order valence-corrected chi connectivity index (χ0v) is 23.1. The number of para-hydroxylation sites is 1. The molecule has 0 fully saturated rings. The quantitative estimate of drug-likeness (QED) is 0.222. The van der Waals surface area contributed by atoms with Crippen LogP contribution in [0.25, 0.3) is 16.9 Å². The molecule has 0 saturated carbocycles. The predicted octanol–water partition coefficient (Wildman–Crippen LogP) is 7.45. The molecule has 0 aliphatic heterocycles. The SMILES string of the molecule is CCCCN(CC(=O)Nc1cc(-c2ccccc2)nn1-c1ccc(C)cc1C)C(=O)Nc1ccccc1C(F)(F)F. The van der Waals surface area contributed by atoms with Gasteiger partial charge in [0.1, 0.15) is 12.4 Å². The van der Waals surface area contributed by atoms with Crippen LogP contribution in [0.5, 0.6) is 0 Å². The standard InChI is InChI=1S/C31H32F3N5O2/c1-4-5-17-38(30(41)35-25-14-10-9-13-24(25)31(32,33)34)20-29(40)36-28-19-26(23-11-7-6-8-12-23)37-39(28)27-16-15-21(2)18-22(27)3/h6-16,18-19H,4-5,17,20H2,1-3H3,(H,35,41)(H,36,40). The van der Waals surface area contributed by atoms with Gasteiger partial charge in [-0.05, 0) is 44.0 Å². The van der Waals surface area contributed by atoms with Gasteiger partial charge in [-0.1, -0.05) is 73.5 Å². The van der Waals surface area contributed by atoms with Crippen LogP contribution in [-0.4, -0.2) is 39.7 Å². The monoisotopic (exact) mass is 563 g/mol. The summed E-state index contributed by atoms with van der Waals surface area (Å²) in [7, 11) is 0. The van der Waals surface area contributed by atoms with Gasteiger partial charge in [0.25, 0.3) is 0 Å². The fourth-order valence-corrected chi connectivity index (χ4v) is 4.44. The van der Waals surface area contributed by atoms with Crippen LogP contribution in [0.4, 0.5) is 29.5 Å². The molecule has 0 saturated heterocycles. The molecule has 0 unspecified atom stereocenters. The van der Waals surface area contributed by atoms with Gasteiger partial charge in [0.05, 0.1) is 22.6 Å². The maximum Gasteiger partial charge on any atom is 0.418 e. The third-order valence-corrected chi connectivity index (χ3v) is 6.50. The number of hydrogen-bond acceptors (Lipinski definition) is 3. The summed E-state index contributed by atoms with van der Waals surface area (Å²) in [5.74, 6) is -0.107. The number of anilines is 2. The van der Waals surface area contributed by atoms with E-state index in [2.05, 4.69) is 10.6 Å². The normalized spacial score (nSPS) is 11.3. The van der Waals surface area contributed by atoms with Crippen LogP contribution < -0.4 is 10.6 Å². The average molecular weight is 564 g/mol. The molecule has 7 nitrogen and oxygen atoms in total. The van der Waals surface area contributed by atoms with E-state index in [0.29, 0.717) is 17.9 Å². The van der Waals surface area contributed by atoms with Crippen molar-refractivity contribution in [1.82, 2.24) is 14.7 Å². The minimum atomic E-state index is -4.64. The van der Waals surface area contributed by atoms with E-state index in [4.69, 9.17) is 5.10 Å². The van der Waals surface area contributed by atoms with Gasteiger partial charge >= 0.3 is 12.2 Å². The van der Waals surface area contributed by atoms with E-state index in [1.807, 2.05) is 69.3 Å². The second-order valence-electron chi connectivity index (χ2n) is 9.78. The molecule has 4 aromatic rings. The van der Waals surface area contributed by atoms with Crippen molar-refractivity contribution < 1.29 is 22.8 Å². The third-order valence-electron chi connectivity index (χ3n) is 6.50. The van der Waals surface area contributed by atoms with Crippen molar-refractivity contribution in [3.63, 3.8) is 0 Å². The molecule has 0 atom stereocenters.